The smallest absolute Gasteiger partial charge is 0.173 e. The van der Waals surface area contributed by atoms with Gasteiger partial charge in [-0.2, -0.15) is 0 Å². The number of aromatic nitrogens is 2. The first-order chi connectivity index (χ1) is 20.6. The first kappa shape index (κ1) is 28.4. The van der Waals surface area contributed by atoms with Crippen molar-refractivity contribution in [1.29, 1.82) is 0 Å². The zero-order chi connectivity index (χ0) is 28.5. The van der Waals surface area contributed by atoms with E-state index < -0.39 is 0 Å². The van der Waals surface area contributed by atoms with Crippen molar-refractivity contribution >= 4 is 21.9 Å². The summed E-state index contributed by atoms with van der Waals surface area (Å²) in [7, 11) is 0. The predicted octanol–water partition coefficient (Wildman–Crippen LogP) is 10.0. The van der Waals surface area contributed by atoms with Crippen molar-refractivity contribution in [3.63, 3.8) is 0 Å². The van der Waals surface area contributed by atoms with E-state index in [-0.39, 0.29) is 20.1 Å². The van der Waals surface area contributed by atoms with Crippen molar-refractivity contribution in [2.45, 2.75) is 19.8 Å². The van der Waals surface area contributed by atoms with Crippen LogP contribution in [-0.2, 0) is 20.1 Å². The predicted molar refractivity (Wildman–Crippen MR) is 165 cm³/mol. The average molecular weight is 739 g/mol. The molecule has 0 spiro atoms. The molecule has 0 amide bonds. The monoisotopic (exact) mass is 739 g/mol. The zero-order valence-electron chi connectivity index (χ0n) is 23.5. The van der Waals surface area contributed by atoms with Gasteiger partial charge in [0.05, 0.1) is 5.58 Å². The van der Waals surface area contributed by atoms with Crippen molar-refractivity contribution in [2.24, 2.45) is 0 Å². The van der Waals surface area contributed by atoms with E-state index in [0.717, 1.165) is 44.5 Å². The molecule has 43 heavy (non-hydrogen) atoms. The summed E-state index contributed by atoms with van der Waals surface area (Å²) in [6.07, 6.45) is 3.63. The maximum Gasteiger partial charge on any atom is 0.173 e. The fourth-order valence-electron chi connectivity index (χ4n) is 4.97. The number of benzene rings is 4. The minimum absolute atomic E-state index is 0. The number of hydrogen-bond acceptors (Lipinski definition) is 5. The Balaban J connectivity index is 0.000000213. The van der Waals surface area contributed by atoms with Gasteiger partial charge in [0, 0.05) is 44.0 Å². The quantitative estimate of drug-likeness (QED) is 0.169. The molecule has 7 aromatic rings. The molecule has 0 unspecified atom stereocenters. The zero-order valence-corrected chi connectivity index (χ0v) is 25.9. The second-order valence-electron chi connectivity index (χ2n) is 10.3. The van der Waals surface area contributed by atoms with Crippen molar-refractivity contribution in [1.82, 2.24) is 9.97 Å². The Labute approximate surface area is 263 Å². The van der Waals surface area contributed by atoms with Crippen LogP contribution in [0.2, 0.25) is 0 Å². The number of para-hydroxylation sites is 2. The summed E-state index contributed by atoms with van der Waals surface area (Å²) in [4.78, 5) is 8.79. The van der Waals surface area contributed by atoms with Crippen LogP contribution in [0.15, 0.2) is 120 Å². The van der Waals surface area contributed by atoms with Gasteiger partial charge in [0.1, 0.15) is 5.58 Å². The van der Waals surface area contributed by atoms with Gasteiger partial charge in [0.25, 0.3) is 0 Å². The van der Waals surface area contributed by atoms with Crippen LogP contribution in [0.3, 0.4) is 0 Å². The van der Waals surface area contributed by atoms with E-state index in [1.54, 1.807) is 6.20 Å². The Morgan fingerprint density at radius 3 is 2.09 bits per heavy atom. The molecule has 4 aromatic carbocycles. The van der Waals surface area contributed by atoms with E-state index in [4.69, 9.17) is 13.9 Å². The van der Waals surface area contributed by atoms with Gasteiger partial charge in [-0.15, -0.1) is 54.1 Å². The van der Waals surface area contributed by atoms with Crippen LogP contribution in [-0.4, -0.2) is 9.97 Å². The molecule has 4 heterocycles. The van der Waals surface area contributed by atoms with Crippen LogP contribution in [0, 0.1) is 12.1 Å². The van der Waals surface area contributed by atoms with Crippen LogP contribution >= 0.6 is 0 Å². The topological polar surface area (TPSA) is 57.4 Å². The number of pyridine rings is 2. The van der Waals surface area contributed by atoms with Gasteiger partial charge in [-0.25, -0.2) is 0 Å². The van der Waals surface area contributed by atoms with Gasteiger partial charge >= 0.3 is 0 Å². The molecule has 0 N–H and O–H groups in total. The standard InChI is InChI=1S/C26H18NO3.C11H8N.Ir/c1-15(2)16-10-11-27-20(12-16)18-7-5-6-17-19-13-24-25(14-23(19)30-26(17)18)29-22-9-4-3-8-21(22)28-24;1-2-6-10(7-3-1)11-8-4-5-9-12-11;/h3-6,8-15H,1-2H3;1-6,8-9H;/q2*-1;. The molecular formula is C37H26IrN2O3-2. The van der Waals surface area contributed by atoms with Crippen LogP contribution in [0.4, 0.5) is 0 Å². The van der Waals surface area contributed by atoms with Gasteiger partial charge < -0.3 is 23.9 Å². The van der Waals surface area contributed by atoms with Gasteiger partial charge in [-0.3, -0.25) is 0 Å². The van der Waals surface area contributed by atoms with Crippen LogP contribution in [0.25, 0.3) is 44.5 Å². The molecule has 0 saturated heterocycles. The van der Waals surface area contributed by atoms with Gasteiger partial charge in [0.2, 0.25) is 0 Å². The molecule has 3 aromatic heterocycles. The Morgan fingerprint density at radius 2 is 1.37 bits per heavy atom. The number of rotatable bonds is 3. The Morgan fingerprint density at radius 1 is 0.628 bits per heavy atom. The van der Waals surface area contributed by atoms with Crippen LogP contribution < -0.4 is 9.47 Å². The first-order valence-electron chi connectivity index (χ1n) is 13.8. The molecule has 1 radical (unpaired) electrons. The summed E-state index contributed by atoms with van der Waals surface area (Å²) in [5.74, 6) is 3.15. The molecule has 8 rings (SSSR count). The third-order valence-electron chi connectivity index (χ3n) is 7.14. The molecule has 1 aliphatic rings. The van der Waals surface area contributed by atoms with E-state index in [0.29, 0.717) is 28.9 Å². The number of nitrogens with zero attached hydrogens (tertiary/aromatic N) is 2. The largest absolute Gasteiger partial charge is 0.500 e. The Kier molecular flexibility index (Phi) is 8.06. The van der Waals surface area contributed by atoms with E-state index in [2.05, 4.69) is 42.0 Å². The van der Waals surface area contributed by atoms with Gasteiger partial charge in [-0.05, 0) is 47.6 Å². The summed E-state index contributed by atoms with van der Waals surface area (Å²) in [5, 5.41) is 1.97. The summed E-state index contributed by atoms with van der Waals surface area (Å²) in [6, 6.07) is 39.7. The van der Waals surface area contributed by atoms with E-state index >= 15 is 0 Å². The molecular weight excluding hydrogens is 713 g/mol. The normalized spacial score (nSPS) is 11.4. The summed E-state index contributed by atoms with van der Waals surface area (Å²) in [5.41, 5.74) is 6.46. The number of fused-ring (bicyclic) bond motifs is 5. The molecule has 5 nitrogen and oxygen atoms in total. The summed E-state index contributed by atoms with van der Waals surface area (Å²) in [6.45, 7) is 4.35. The molecule has 0 fully saturated rings. The van der Waals surface area contributed by atoms with Crippen LogP contribution in [0.1, 0.15) is 25.3 Å². The summed E-state index contributed by atoms with van der Waals surface area (Å²) >= 11 is 0. The average Bonchev–Trinajstić information content (AvgIpc) is 3.41. The van der Waals surface area contributed by atoms with E-state index in [9.17, 15) is 0 Å². The maximum absolute atomic E-state index is 6.29. The van der Waals surface area contributed by atoms with Crippen molar-refractivity contribution in [2.75, 3.05) is 0 Å². The molecule has 0 saturated carbocycles. The third kappa shape index (κ3) is 5.68. The van der Waals surface area contributed by atoms with Crippen molar-refractivity contribution < 1.29 is 34.0 Å². The molecule has 0 bridgehead atoms. The van der Waals surface area contributed by atoms with E-state index in [1.807, 2.05) is 103 Å². The fourth-order valence-corrected chi connectivity index (χ4v) is 4.97. The Bertz CT molecular complexity index is 1980. The summed E-state index contributed by atoms with van der Waals surface area (Å²) < 4.78 is 18.4. The van der Waals surface area contributed by atoms with E-state index in [1.165, 1.54) is 5.56 Å². The SMILES string of the molecule is CC(C)c1ccnc(-c2[c-]ccc3c2oc2cc4c(cc23)Oc2ccccc2O4)c1.[Ir].[c-]1ccccc1-c1ccccn1. The third-order valence-corrected chi connectivity index (χ3v) is 7.14. The van der Waals surface area contributed by atoms with Crippen LogP contribution in [0.5, 0.6) is 23.0 Å². The van der Waals surface area contributed by atoms with Gasteiger partial charge in [0.15, 0.2) is 23.0 Å². The number of furan rings is 1. The van der Waals surface area contributed by atoms with Gasteiger partial charge in [-0.1, -0.05) is 60.7 Å². The molecule has 213 valence electrons. The molecule has 0 aliphatic carbocycles. The minimum Gasteiger partial charge on any atom is -0.500 e. The minimum atomic E-state index is 0. The van der Waals surface area contributed by atoms with Crippen molar-refractivity contribution in [3.8, 4) is 45.5 Å². The maximum atomic E-state index is 6.29. The fraction of sp³-hybridized carbons (Fsp3) is 0.0811. The first-order valence-corrected chi connectivity index (χ1v) is 13.8. The second-order valence-corrected chi connectivity index (χ2v) is 10.3. The second kappa shape index (κ2) is 12.2. The van der Waals surface area contributed by atoms with Crippen molar-refractivity contribution in [3.05, 3.63) is 133 Å². The molecule has 0 atom stereocenters. The molecule has 1 aliphatic heterocycles. The Hall–Kier alpha value is -4.77. The molecule has 6 heteroatoms. The number of ether oxygens (including phenoxy) is 2. The number of hydrogen-bond donors (Lipinski definition) is 0.